The predicted octanol–water partition coefficient (Wildman–Crippen LogP) is 2.73. The SMILES string of the molecule is C=CC(=O)NC(CCCCCCCCCC)(C(=O)O)C(=O)O. The fourth-order valence-corrected chi connectivity index (χ4v) is 2.26. The molecule has 0 bridgehead atoms. The average molecular weight is 313 g/mol. The second-order valence-electron chi connectivity index (χ2n) is 5.43. The van der Waals surface area contributed by atoms with Gasteiger partial charge in [-0.25, -0.2) is 9.59 Å². The average Bonchev–Trinajstić information content (AvgIpc) is 2.47. The van der Waals surface area contributed by atoms with Crippen molar-refractivity contribution in [3.05, 3.63) is 12.7 Å². The molecule has 6 nitrogen and oxygen atoms in total. The molecule has 1 amide bonds. The van der Waals surface area contributed by atoms with Gasteiger partial charge in [0.25, 0.3) is 0 Å². The highest BCUT2D eigenvalue weighted by Crippen LogP contribution is 2.18. The molecule has 6 heteroatoms. The number of aliphatic carboxylic acids is 2. The van der Waals surface area contributed by atoms with Gasteiger partial charge in [-0.2, -0.15) is 0 Å². The first-order valence-corrected chi connectivity index (χ1v) is 7.82. The van der Waals surface area contributed by atoms with Crippen LogP contribution in [0.4, 0.5) is 0 Å². The molecule has 3 N–H and O–H groups in total. The van der Waals surface area contributed by atoms with Crippen LogP contribution < -0.4 is 5.32 Å². The van der Waals surface area contributed by atoms with Gasteiger partial charge in [0.05, 0.1) is 0 Å². The summed E-state index contributed by atoms with van der Waals surface area (Å²) in [5.74, 6) is -3.92. The molecule has 0 aliphatic heterocycles. The molecule has 0 aromatic carbocycles. The number of carbonyl (C=O) groups is 3. The summed E-state index contributed by atoms with van der Waals surface area (Å²) >= 11 is 0. The van der Waals surface area contributed by atoms with Crippen LogP contribution in [0.2, 0.25) is 0 Å². The highest BCUT2D eigenvalue weighted by molar-refractivity contribution is 6.07. The van der Waals surface area contributed by atoms with E-state index in [1.807, 2.05) is 5.32 Å². The third kappa shape index (κ3) is 6.74. The Hall–Kier alpha value is -1.85. The molecule has 0 aliphatic rings. The summed E-state index contributed by atoms with van der Waals surface area (Å²) in [4.78, 5) is 34.0. The molecule has 0 unspecified atom stereocenters. The van der Waals surface area contributed by atoms with E-state index in [2.05, 4.69) is 13.5 Å². The largest absolute Gasteiger partial charge is 0.479 e. The summed E-state index contributed by atoms with van der Waals surface area (Å²) in [6.07, 6.45) is 8.66. The van der Waals surface area contributed by atoms with Crippen molar-refractivity contribution in [1.82, 2.24) is 5.32 Å². The minimum Gasteiger partial charge on any atom is -0.479 e. The van der Waals surface area contributed by atoms with Crippen LogP contribution in [-0.2, 0) is 14.4 Å². The molecular formula is C16H27NO5. The minimum absolute atomic E-state index is 0.133. The van der Waals surface area contributed by atoms with Gasteiger partial charge in [-0.3, -0.25) is 4.79 Å². The van der Waals surface area contributed by atoms with Crippen LogP contribution in [0.3, 0.4) is 0 Å². The monoisotopic (exact) mass is 313 g/mol. The standard InChI is InChI=1S/C16H27NO5/c1-3-5-6-7-8-9-10-11-12-16(14(19)20,15(21)22)17-13(18)4-2/h4H,2-3,5-12H2,1H3,(H,17,18)(H,19,20)(H,21,22). The maximum Gasteiger partial charge on any atom is 0.341 e. The summed E-state index contributed by atoms with van der Waals surface area (Å²) in [5, 5.41) is 20.5. The second-order valence-corrected chi connectivity index (χ2v) is 5.43. The normalized spacial score (nSPS) is 11.0. The maximum absolute atomic E-state index is 11.3. The van der Waals surface area contributed by atoms with Gasteiger partial charge in [0.15, 0.2) is 0 Å². The number of carboxylic acids is 2. The van der Waals surface area contributed by atoms with E-state index in [9.17, 15) is 24.6 Å². The molecule has 0 fully saturated rings. The van der Waals surface area contributed by atoms with E-state index in [0.29, 0.717) is 6.42 Å². The molecule has 0 spiro atoms. The summed E-state index contributed by atoms with van der Waals surface area (Å²) in [5.41, 5.74) is -2.27. The second kappa shape index (κ2) is 10.8. The fraction of sp³-hybridized carbons (Fsp3) is 0.688. The van der Waals surface area contributed by atoms with E-state index in [1.165, 1.54) is 19.3 Å². The van der Waals surface area contributed by atoms with Crippen molar-refractivity contribution >= 4 is 17.8 Å². The Morgan fingerprint density at radius 3 is 1.82 bits per heavy atom. The quantitative estimate of drug-likeness (QED) is 0.275. The molecule has 0 aromatic heterocycles. The van der Waals surface area contributed by atoms with E-state index in [4.69, 9.17) is 0 Å². The van der Waals surface area contributed by atoms with Crippen molar-refractivity contribution in [2.75, 3.05) is 0 Å². The maximum atomic E-state index is 11.3. The summed E-state index contributed by atoms with van der Waals surface area (Å²) in [7, 11) is 0. The smallest absolute Gasteiger partial charge is 0.341 e. The zero-order valence-electron chi connectivity index (χ0n) is 13.3. The van der Waals surface area contributed by atoms with E-state index >= 15 is 0 Å². The molecule has 0 aliphatic carbocycles. The fourth-order valence-electron chi connectivity index (χ4n) is 2.26. The molecular weight excluding hydrogens is 286 g/mol. The Morgan fingerprint density at radius 2 is 1.41 bits per heavy atom. The molecule has 22 heavy (non-hydrogen) atoms. The van der Waals surface area contributed by atoms with Crippen LogP contribution in [0, 0.1) is 0 Å². The molecule has 0 saturated heterocycles. The van der Waals surface area contributed by atoms with E-state index in [-0.39, 0.29) is 6.42 Å². The first-order chi connectivity index (χ1) is 10.4. The van der Waals surface area contributed by atoms with Crippen molar-refractivity contribution in [2.45, 2.75) is 70.3 Å². The van der Waals surface area contributed by atoms with Gasteiger partial charge < -0.3 is 15.5 Å². The number of carbonyl (C=O) groups excluding carboxylic acids is 1. The minimum atomic E-state index is -2.27. The van der Waals surface area contributed by atoms with Gasteiger partial charge in [-0.05, 0) is 18.9 Å². The number of hydrogen-bond acceptors (Lipinski definition) is 3. The topological polar surface area (TPSA) is 104 Å². The zero-order valence-corrected chi connectivity index (χ0v) is 13.3. The van der Waals surface area contributed by atoms with Gasteiger partial charge in [-0.15, -0.1) is 0 Å². The highest BCUT2D eigenvalue weighted by atomic mass is 16.4. The Kier molecular flexibility index (Phi) is 9.91. The lowest BCUT2D eigenvalue weighted by Crippen LogP contribution is -2.59. The van der Waals surface area contributed by atoms with Crippen LogP contribution in [0.25, 0.3) is 0 Å². The Bertz CT molecular complexity index is 378. The summed E-state index contributed by atoms with van der Waals surface area (Å²) in [6.45, 7) is 5.36. The molecule has 0 aromatic rings. The lowest BCUT2D eigenvalue weighted by Gasteiger charge is -2.25. The number of hydrogen-bond donors (Lipinski definition) is 3. The highest BCUT2D eigenvalue weighted by Gasteiger charge is 2.47. The Morgan fingerprint density at radius 1 is 0.955 bits per heavy atom. The first kappa shape index (κ1) is 20.1. The lowest BCUT2D eigenvalue weighted by atomic mass is 9.91. The van der Waals surface area contributed by atoms with Gasteiger partial charge >= 0.3 is 11.9 Å². The van der Waals surface area contributed by atoms with E-state index < -0.39 is 23.4 Å². The van der Waals surface area contributed by atoms with Crippen molar-refractivity contribution < 1.29 is 24.6 Å². The molecule has 0 atom stereocenters. The van der Waals surface area contributed by atoms with Crippen LogP contribution in [0.5, 0.6) is 0 Å². The Balaban J connectivity index is 4.36. The summed E-state index contributed by atoms with van der Waals surface area (Å²) in [6, 6.07) is 0. The van der Waals surface area contributed by atoms with Crippen LogP contribution in [0.15, 0.2) is 12.7 Å². The van der Waals surface area contributed by atoms with Crippen molar-refractivity contribution in [3.8, 4) is 0 Å². The number of carboxylic acid groups (broad SMARTS) is 2. The molecule has 0 radical (unpaired) electrons. The van der Waals surface area contributed by atoms with Crippen LogP contribution >= 0.6 is 0 Å². The number of amides is 1. The van der Waals surface area contributed by atoms with E-state index in [0.717, 1.165) is 31.8 Å². The predicted molar refractivity (Wildman–Crippen MR) is 83.6 cm³/mol. The van der Waals surface area contributed by atoms with E-state index in [1.54, 1.807) is 0 Å². The molecule has 126 valence electrons. The summed E-state index contributed by atoms with van der Waals surface area (Å²) < 4.78 is 0. The number of unbranched alkanes of at least 4 members (excludes halogenated alkanes) is 7. The number of nitrogens with one attached hydrogen (secondary N) is 1. The van der Waals surface area contributed by atoms with Gasteiger partial charge in [0.2, 0.25) is 11.4 Å². The van der Waals surface area contributed by atoms with Gasteiger partial charge in [0, 0.05) is 0 Å². The third-order valence-electron chi connectivity index (χ3n) is 3.66. The molecule has 0 heterocycles. The third-order valence-corrected chi connectivity index (χ3v) is 3.66. The molecule has 0 saturated carbocycles. The number of rotatable bonds is 13. The van der Waals surface area contributed by atoms with Gasteiger partial charge in [0.1, 0.15) is 0 Å². The Labute approximate surface area is 131 Å². The van der Waals surface area contributed by atoms with Crippen molar-refractivity contribution in [2.24, 2.45) is 0 Å². The zero-order chi connectivity index (χ0) is 17.0. The van der Waals surface area contributed by atoms with Crippen LogP contribution in [-0.4, -0.2) is 33.6 Å². The van der Waals surface area contributed by atoms with Gasteiger partial charge in [-0.1, -0.05) is 58.4 Å². The van der Waals surface area contributed by atoms with Crippen LogP contribution in [0.1, 0.15) is 64.7 Å². The molecule has 0 rings (SSSR count). The van der Waals surface area contributed by atoms with Crippen molar-refractivity contribution in [1.29, 1.82) is 0 Å². The first-order valence-electron chi connectivity index (χ1n) is 7.82. The van der Waals surface area contributed by atoms with Crippen molar-refractivity contribution in [3.63, 3.8) is 0 Å². The lowest BCUT2D eigenvalue weighted by molar-refractivity contribution is -0.161.